The number of anilines is 1. The van der Waals surface area contributed by atoms with Gasteiger partial charge < -0.3 is 10.1 Å². The summed E-state index contributed by atoms with van der Waals surface area (Å²) in [6, 6.07) is 14.5. The highest BCUT2D eigenvalue weighted by molar-refractivity contribution is 6.05. The van der Waals surface area contributed by atoms with Crippen molar-refractivity contribution >= 4 is 11.6 Å². The van der Waals surface area contributed by atoms with E-state index in [0.717, 1.165) is 11.1 Å². The SMILES string of the molecule is Cc1ccc(C(=O)Nc2ccc(OCC#N)cc2)c(C)c1. The number of carbonyl (C=O) groups excluding carboxylic acids is 1. The molecule has 0 aliphatic rings. The van der Waals surface area contributed by atoms with Gasteiger partial charge in [-0.3, -0.25) is 4.79 Å². The normalized spacial score (nSPS) is 9.76. The average Bonchev–Trinajstić information content (AvgIpc) is 2.46. The Morgan fingerprint density at radius 1 is 1.19 bits per heavy atom. The van der Waals surface area contributed by atoms with Crippen molar-refractivity contribution in [2.75, 3.05) is 11.9 Å². The number of ether oxygens (including phenoxy) is 1. The smallest absolute Gasteiger partial charge is 0.255 e. The molecular weight excluding hydrogens is 264 g/mol. The number of rotatable bonds is 4. The fourth-order valence-electron chi connectivity index (χ4n) is 2.02. The molecule has 0 heterocycles. The monoisotopic (exact) mass is 280 g/mol. The first-order valence-corrected chi connectivity index (χ1v) is 6.58. The fraction of sp³-hybridized carbons (Fsp3) is 0.176. The highest BCUT2D eigenvalue weighted by Gasteiger charge is 2.09. The van der Waals surface area contributed by atoms with Crippen LogP contribution in [0.5, 0.6) is 5.75 Å². The molecule has 0 radical (unpaired) electrons. The first kappa shape index (κ1) is 14.6. The molecule has 21 heavy (non-hydrogen) atoms. The molecule has 106 valence electrons. The number of carbonyl (C=O) groups is 1. The third kappa shape index (κ3) is 3.83. The molecule has 0 spiro atoms. The zero-order valence-corrected chi connectivity index (χ0v) is 12.0. The van der Waals surface area contributed by atoms with Crippen molar-refractivity contribution in [2.45, 2.75) is 13.8 Å². The van der Waals surface area contributed by atoms with Crippen LogP contribution in [0.1, 0.15) is 21.5 Å². The number of benzene rings is 2. The maximum atomic E-state index is 12.2. The summed E-state index contributed by atoms with van der Waals surface area (Å²) in [7, 11) is 0. The average molecular weight is 280 g/mol. The molecule has 0 aliphatic carbocycles. The minimum Gasteiger partial charge on any atom is -0.479 e. The van der Waals surface area contributed by atoms with E-state index in [2.05, 4.69) is 5.32 Å². The Balaban J connectivity index is 2.07. The number of nitriles is 1. The van der Waals surface area contributed by atoms with Crippen molar-refractivity contribution in [2.24, 2.45) is 0 Å². The van der Waals surface area contributed by atoms with Gasteiger partial charge in [0.1, 0.15) is 11.8 Å². The Bertz CT molecular complexity index is 685. The molecule has 0 unspecified atom stereocenters. The van der Waals surface area contributed by atoms with E-state index in [1.165, 1.54) is 0 Å². The fourth-order valence-corrected chi connectivity index (χ4v) is 2.02. The van der Waals surface area contributed by atoms with Gasteiger partial charge in [-0.05, 0) is 49.7 Å². The molecule has 0 atom stereocenters. The summed E-state index contributed by atoms with van der Waals surface area (Å²) in [5.74, 6) is 0.458. The predicted octanol–water partition coefficient (Wildman–Crippen LogP) is 3.46. The summed E-state index contributed by atoms with van der Waals surface area (Å²) in [4.78, 5) is 12.2. The van der Waals surface area contributed by atoms with Crippen LogP contribution in [-0.4, -0.2) is 12.5 Å². The molecule has 0 saturated carbocycles. The van der Waals surface area contributed by atoms with E-state index in [1.54, 1.807) is 24.3 Å². The lowest BCUT2D eigenvalue weighted by Gasteiger charge is -2.09. The number of nitrogens with one attached hydrogen (secondary N) is 1. The van der Waals surface area contributed by atoms with E-state index in [-0.39, 0.29) is 12.5 Å². The third-order valence-corrected chi connectivity index (χ3v) is 3.04. The highest BCUT2D eigenvalue weighted by atomic mass is 16.5. The number of nitrogens with zero attached hydrogens (tertiary/aromatic N) is 1. The molecule has 2 rings (SSSR count). The summed E-state index contributed by atoms with van der Waals surface area (Å²) in [6.45, 7) is 3.92. The molecule has 0 saturated heterocycles. The molecule has 1 amide bonds. The molecule has 4 nitrogen and oxygen atoms in total. The molecular formula is C17H16N2O2. The van der Waals surface area contributed by atoms with Crippen molar-refractivity contribution in [3.63, 3.8) is 0 Å². The number of hydrogen-bond donors (Lipinski definition) is 1. The van der Waals surface area contributed by atoms with E-state index < -0.39 is 0 Å². The Morgan fingerprint density at radius 2 is 1.90 bits per heavy atom. The van der Waals surface area contributed by atoms with Gasteiger partial charge in [-0.1, -0.05) is 17.7 Å². The summed E-state index contributed by atoms with van der Waals surface area (Å²) >= 11 is 0. The van der Waals surface area contributed by atoms with E-state index in [4.69, 9.17) is 10.00 Å². The van der Waals surface area contributed by atoms with Gasteiger partial charge in [0.25, 0.3) is 5.91 Å². The van der Waals surface area contributed by atoms with Gasteiger partial charge in [0, 0.05) is 11.3 Å². The largest absolute Gasteiger partial charge is 0.479 e. The lowest BCUT2D eigenvalue weighted by atomic mass is 10.1. The lowest BCUT2D eigenvalue weighted by Crippen LogP contribution is -2.13. The van der Waals surface area contributed by atoms with Crippen molar-refractivity contribution in [3.05, 3.63) is 59.2 Å². The Kier molecular flexibility index (Phi) is 4.57. The van der Waals surface area contributed by atoms with Crippen LogP contribution in [0.15, 0.2) is 42.5 Å². The molecule has 0 bridgehead atoms. The maximum Gasteiger partial charge on any atom is 0.255 e. The van der Waals surface area contributed by atoms with Crippen molar-refractivity contribution in [3.8, 4) is 11.8 Å². The second-order valence-corrected chi connectivity index (χ2v) is 4.74. The van der Waals surface area contributed by atoms with Gasteiger partial charge in [-0.15, -0.1) is 0 Å². The summed E-state index contributed by atoms with van der Waals surface area (Å²) in [6.07, 6.45) is 0. The summed E-state index contributed by atoms with van der Waals surface area (Å²) in [5.41, 5.74) is 3.42. The van der Waals surface area contributed by atoms with Gasteiger partial charge in [-0.2, -0.15) is 5.26 Å². The van der Waals surface area contributed by atoms with Crippen LogP contribution in [0.4, 0.5) is 5.69 Å². The zero-order valence-electron chi connectivity index (χ0n) is 12.0. The van der Waals surface area contributed by atoms with Crippen LogP contribution in [0, 0.1) is 25.2 Å². The molecule has 0 aromatic heterocycles. The van der Waals surface area contributed by atoms with Crippen molar-refractivity contribution in [1.82, 2.24) is 0 Å². The minimum absolute atomic E-state index is 0.00820. The molecule has 2 aromatic carbocycles. The van der Waals surface area contributed by atoms with E-state index in [0.29, 0.717) is 17.0 Å². The summed E-state index contributed by atoms with van der Waals surface area (Å²) < 4.78 is 5.16. The molecule has 2 aromatic rings. The van der Waals surface area contributed by atoms with Gasteiger partial charge >= 0.3 is 0 Å². The number of aryl methyl sites for hydroxylation is 2. The van der Waals surface area contributed by atoms with Crippen LogP contribution in [0.25, 0.3) is 0 Å². The Hall–Kier alpha value is -2.80. The zero-order chi connectivity index (χ0) is 15.2. The van der Waals surface area contributed by atoms with Gasteiger partial charge in [-0.25, -0.2) is 0 Å². The molecule has 4 heteroatoms. The van der Waals surface area contributed by atoms with Gasteiger partial charge in [0.05, 0.1) is 0 Å². The Labute approximate surface area is 124 Å². The second kappa shape index (κ2) is 6.58. The van der Waals surface area contributed by atoms with Gasteiger partial charge in [0.15, 0.2) is 6.61 Å². The quantitative estimate of drug-likeness (QED) is 0.932. The molecule has 0 aliphatic heterocycles. The molecule has 1 N–H and O–H groups in total. The van der Waals surface area contributed by atoms with Crippen molar-refractivity contribution in [1.29, 1.82) is 5.26 Å². The minimum atomic E-state index is -0.141. The lowest BCUT2D eigenvalue weighted by molar-refractivity contribution is 0.102. The first-order valence-electron chi connectivity index (χ1n) is 6.58. The number of hydrogen-bond acceptors (Lipinski definition) is 3. The van der Waals surface area contributed by atoms with Crippen LogP contribution in [0.2, 0.25) is 0 Å². The van der Waals surface area contributed by atoms with Crippen molar-refractivity contribution < 1.29 is 9.53 Å². The predicted molar refractivity (Wildman–Crippen MR) is 81.4 cm³/mol. The van der Waals surface area contributed by atoms with Crippen LogP contribution < -0.4 is 10.1 Å². The van der Waals surface area contributed by atoms with Gasteiger partial charge in [0.2, 0.25) is 0 Å². The maximum absolute atomic E-state index is 12.2. The Morgan fingerprint density at radius 3 is 2.52 bits per heavy atom. The highest BCUT2D eigenvalue weighted by Crippen LogP contribution is 2.17. The first-order chi connectivity index (χ1) is 10.1. The number of amides is 1. The summed E-state index contributed by atoms with van der Waals surface area (Å²) in [5, 5.41) is 11.3. The van der Waals surface area contributed by atoms with E-state index in [9.17, 15) is 4.79 Å². The third-order valence-electron chi connectivity index (χ3n) is 3.04. The molecule has 0 fully saturated rings. The van der Waals surface area contributed by atoms with Crippen LogP contribution in [0.3, 0.4) is 0 Å². The van der Waals surface area contributed by atoms with Crippen LogP contribution in [-0.2, 0) is 0 Å². The van der Waals surface area contributed by atoms with E-state index in [1.807, 2.05) is 38.1 Å². The van der Waals surface area contributed by atoms with Crippen LogP contribution >= 0.6 is 0 Å². The topological polar surface area (TPSA) is 62.1 Å². The second-order valence-electron chi connectivity index (χ2n) is 4.74. The van der Waals surface area contributed by atoms with E-state index >= 15 is 0 Å². The standard InChI is InChI=1S/C17H16N2O2/c1-12-3-8-16(13(2)11-12)17(20)19-14-4-6-15(7-5-14)21-10-9-18/h3-8,11H,10H2,1-2H3,(H,19,20).